The summed E-state index contributed by atoms with van der Waals surface area (Å²) < 4.78 is 0. The Morgan fingerprint density at radius 3 is 2.04 bits per heavy atom. The van der Waals surface area contributed by atoms with Crippen molar-refractivity contribution in [3.63, 3.8) is 0 Å². The number of amides is 2. The minimum Gasteiger partial charge on any atom is -0.366 e. The summed E-state index contributed by atoms with van der Waals surface area (Å²) in [5.41, 5.74) is 8.95. The highest BCUT2D eigenvalue weighted by molar-refractivity contribution is 5.95. The molecule has 2 aromatic carbocycles. The highest BCUT2D eigenvalue weighted by Gasteiger charge is 2.22. The molecule has 150 valence electrons. The highest BCUT2D eigenvalue weighted by atomic mass is 16.2. The Bertz CT molecular complexity index is 803. The Morgan fingerprint density at radius 2 is 1.57 bits per heavy atom. The second kappa shape index (κ2) is 9.02. The van der Waals surface area contributed by atoms with Crippen LogP contribution in [0.2, 0.25) is 0 Å². The molecule has 2 rings (SSSR count). The molecule has 28 heavy (non-hydrogen) atoms. The molecule has 0 saturated carbocycles. The van der Waals surface area contributed by atoms with Gasteiger partial charge < -0.3 is 16.4 Å². The van der Waals surface area contributed by atoms with Crippen LogP contribution in [0.15, 0.2) is 48.5 Å². The summed E-state index contributed by atoms with van der Waals surface area (Å²) in [6.45, 7) is 11.3. The molecule has 2 aromatic rings. The van der Waals surface area contributed by atoms with E-state index in [2.05, 4.69) is 69.5 Å². The third-order valence-corrected chi connectivity index (χ3v) is 4.89. The van der Waals surface area contributed by atoms with E-state index in [1.807, 2.05) is 0 Å². The molecule has 5 nitrogen and oxygen atoms in total. The van der Waals surface area contributed by atoms with Gasteiger partial charge in [-0.1, -0.05) is 58.9 Å². The molecular formula is C23H32N3O2+. The SMILES string of the molecule is CC(C)[C@H]([NH2+]CC(=O)Nc1ccc(C(N)=O)cc1)c1ccc(C(C)(C)C)cc1. The summed E-state index contributed by atoms with van der Waals surface area (Å²) in [7, 11) is 0. The zero-order valence-electron chi connectivity index (χ0n) is 17.5. The first-order valence-electron chi connectivity index (χ1n) is 9.71. The van der Waals surface area contributed by atoms with E-state index in [4.69, 9.17) is 5.73 Å². The van der Waals surface area contributed by atoms with Crippen LogP contribution in [0.3, 0.4) is 0 Å². The lowest BCUT2D eigenvalue weighted by atomic mass is 9.85. The number of nitrogens with two attached hydrogens (primary N) is 2. The van der Waals surface area contributed by atoms with Gasteiger partial charge in [0.15, 0.2) is 6.54 Å². The van der Waals surface area contributed by atoms with Gasteiger partial charge >= 0.3 is 0 Å². The lowest BCUT2D eigenvalue weighted by molar-refractivity contribution is -0.692. The average Bonchev–Trinajstić information content (AvgIpc) is 2.61. The first-order valence-corrected chi connectivity index (χ1v) is 9.71. The van der Waals surface area contributed by atoms with Gasteiger partial charge in [0.25, 0.3) is 5.91 Å². The number of carbonyl (C=O) groups excluding carboxylic acids is 2. The summed E-state index contributed by atoms with van der Waals surface area (Å²) in [4.78, 5) is 23.5. The predicted molar refractivity (Wildman–Crippen MR) is 113 cm³/mol. The van der Waals surface area contributed by atoms with Gasteiger partial charge in [0.2, 0.25) is 5.91 Å². The predicted octanol–water partition coefficient (Wildman–Crippen LogP) is 2.98. The molecule has 0 aliphatic carbocycles. The molecule has 2 amide bonds. The van der Waals surface area contributed by atoms with Crippen LogP contribution in [-0.4, -0.2) is 18.4 Å². The van der Waals surface area contributed by atoms with Gasteiger partial charge in [0.05, 0.1) is 0 Å². The summed E-state index contributed by atoms with van der Waals surface area (Å²) in [6.07, 6.45) is 0. The van der Waals surface area contributed by atoms with Gasteiger partial charge in [-0.3, -0.25) is 9.59 Å². The summed E-state index contributed by atoms with van der Waals surface area (Å²) in [6, 6.07) is 15.5. The molecule has 0 unspecified atom stereocenters. The molecule has 5 heteroatoms. The Balaban J connectivity index is 1.99. The normalized spacial score (nSPS) is 12.6. The van der Waals surface area contributed by atoms with Gasteiger partial charge in [-0.25, -0.2) is 0 Å². The van der Waals surface area contributed by atoms with Crippen molar-refractivity contribution in [1.29, 1.82) is 0 Å². The van der Waals surface area contributed by atoms with Crippen LogP contribution < -0.4 is 16.4 Å². The Morgan fingerprint density at radius 1 is 1.00 bits per heavy atom. The van der Waals surface area contributed by atoms with Crippen LogP contribution >= 0.6 is 0 Å². The maximum absolute atomic E-state index is 12.3. The van der Waals surface area contributed by atoms with E-state index < -0.39 is 5.91 Å². The highest BCUT2D eigenvalue weighted by Crippen LogP contribution is 2.25. The molecule has 0 aliphatic rings. The maximum atomic E-state index is 12.3. The lowest BCUT2D eigenvalue weighted by Crippen LogP contribution is -2.88. The second-order valence-corrected chi connectivity index (χ2v) is 8.57. The van der Waals surface area contributed by atoms with Crippen molar-refractivity contribution in [2.24, 2.45) is 11.7 Å². The van der Waals surface area contributed by atoms with Crippen molar-refractivity contribution >= 4 is 17.5 Å². The minimum absolute atomic E-state index is 0.0798. The molecule has 0 fully saturated rings. The van der Waals surface area contributed by atoms with Crippen LogP contribution in [0.1, 0.15) is 62.1 Å². The van der Waals surface area contributed by atoms with Crippen molar-refractivity contribution in [2.75, 3.05) is 11.9 Å². The number of carbonyl (C=O) groups is 2. The van der Waals surface area contributed by atoms with Crippen molar-refractivity contribution < 1.29 is 14.9 Å². The largest absolute Gasteiger partial charge is 0.366 e. The minimum atomic E-state index is -0.483. The summed E-state index contributed by atoms with van der Waals surface area (Å²) >= 11 is 0. The van der Waals surface area contributed by atoms with Crippen LogP contribution in [-0.2, 0) is 10.2 Å². The van der Waals surface area contributed by atoms with Crippen molar-refractivity contribution in [1.82, 2.24) is 0 Å². The number of nitrogens with one attached hydrogen (secondary N) is 1. The topological polar surface area (TPSA) is 88.8 Å². The molecule has 0 saturated heterocycles. The average molecular weight is 383 g/mol. The number of rotatable bonds is 7. The van der Waals surface area contributed by atoms with E-state index in [9.17, 15) is 9.59 Å². The standard InChI is InChI=1S/C23H31N3O2/c1-15(2)21(16-6-10-18(11-7-16)23(3,4)5)25-14-20(27)26-19-12-8-17(9-13-19)22(24)28/h6-13,15,21,25H,14H2,1-5H3,(H2,24,28)(H,26,27)/p+1/t21-/m0/s1. The zero-order valence-corrected chi connectivity index (χ0v) is 17.5. The number of quaternary nitrogens is 1. The van der Waals surface area contributed by atoms with Gasteiger partial charge in [-0.2, -0.15) is 0 Å². The zero-order chi connectivity index (χ0) is 20.9. The van der Waals surface area contributed by atoms with Crippen molar-refractivity contribution in [3.05, 3.63) is 65.2 Å². The smallest absolute Gasteiger partial charge is 0.279 e. The Labute approximate surface area is 167 Å². The maximum Gasteiger partial charge on any atom is 0.279 e. The van der Waals surface area contributed by atoms with Crippen LogP contribution in [0.5, 0.6) is 0 Å². The summed E-state index contributed by atoms with van der Waals surface area (Å²) in [5.74, 6) is -0.171. The third kappa shape index (κ3) is 5.92. The number of hydrogen-bond donors (Lipinski definition) is 3. The number of primary amides is 1. The van der Waals surface area contributed by atoms with Crippen LogP contribution in [0, 0.1) is 5.92 Å². The van der Waals surface area contributed by atoms with Crippen molar-refractivity contribution in [2.45, 2.75) is 46.1 Å². The van der Waals surface area contributed by atoms with Gasteiger partial charge in [-0.05, 0) is 35.2 Å². The van der Waals surface area contributed by atoms with Gasteiger partial charge in [0.1, 0.15) is 6.04 Å². The number of benzene rings is 2. The quantitative estimate of drug-likeness (QED) is 0.687. The van der Waals surface area contributed by atoms with Gasteiger partial charge in [-0.15, -0.1) is 0 Å². The van der Waals surface area contributed by atoms with Crippen LogP contribution in [0.25, 0.3) is 0 Å². The molecule has 0 aliphatic heterocycles. The molecule has 0 aromatic heterocycles. The van der Waals surface area contributed by atoms with E-state index in [-0.39, 0.29) is 17.4 Å². The first kappa shape index (κ1) is 21.6. The monoisotopic (exact) mass is 382 g/mol. The van der Waals surface area contributed by atoms with Crippen LogP contribution in [0.4, 0.5) is 5.69 Å². The van der Waals surface area contributed by atoms with E-state index >= 15 is 0 Å². The first-order chi connectivity index (χ1) is 13.1. The fourth-order valence-electron chi connectivity index (χ4n) is 3.16. The molecule has 0 spiro atoms. The molecule has 5 N–H and O–H groups in total. The molecule has 0 radical (unpaired) electrons. The second-order valence-electron chi connectivity index (χ2n) is 8.57. The van der Waals surface area contributed by atoms with E-state index in [1.54, 1.807) is 24.3 Å². The Hall–Kier alpha value is -2.66. The Kier molecular flexibility index (Phi) is 6.97. The molecule has 0 bridgehead atoms. The van der Waals surface area contributed by atoms with Gasteiger partial charge in [0, 0.05) is 22.7 Å². The fraction of sp³-hybridized carbons (Fsp3) is 0.391. The number of anilines is 1. The molecule has 0 heterocycles. The molecule has 1 atom stereocenters. The third-order valence-electron chi connectivity index (χ3n) is 4.89. The lowest BCUT2D eigenvalue weighted by Gasteiger charge is -2.22. The van der Waals surface area contributed by atoms with Crippen molar-refractivity contribution in [3.8, 4) is 0 Å². The molecular weight excluding hydrogens is 350 g/mol. The van der Waals surface area contributed by atoms with E-state index in [0.29, 0.717) is 23.7 Å². The fourth-order valence-corrected chi connectivity index (χ4v) is 3.16. The van der Waals surface area contributed by atoms with E-state index in [1.165, 1.54) is 11.1 Å². The number of hydrogen-bond acceptors (Lipinski definition) is 2. The summed E-state index contributed by atoms with van der Waals surface area (Å²) in [5, 5.41) is 4.93. The van der Waals surface area contributed by atoms with E-state index in [0.717, 1.165) is 0 Å².